The Kier molecular flexibility index (Phi) is 49.5. The van der Waals surface area contributed by atoms with Gasteiger partial charge in [0, 0.05) is 6.42 Å². The lowest BCUT2D eigenvalue weighted by atomic mass is 10.0. The molecule has 6 heteroatoms. The van der Waals surface area contributed by atoms with E-state index in [1.54, 1.807) is 0 Å². The molecule has 0 aliphatic rings. The Labute approximate surface area is 392 Å². The first kappa shape index (κ1) is 61.1. The first-order valence-corrected chi connectivity index (χ1v) is 27.7. The van der Waals surface area contributed by atoms with Crippen LogP contribution in [0.4, 0.5) is 0 Å². The molecule has 3 unspecified atom stereocenters. The summed E-state index contributed by atoms with van der Waals surface area (Å²) in [5, 5.41) is 23.8. The lowest BCUT2D eigenvalue weighted by molar-refractivity contribution is -0.151. The fourth-order valence-corrected chi connectivity index (χ4v) is 8.55. The summed E-state index contributed by atoms with van der Waals surface area (Å²) >= 11 is 0. The molecule has 0 saturated carbocycles. The highest BCUT2D eigenvalue weighted by atomic mass is 16.5. The van der Waals surface area contributed by atoms with E-state index in [4.69, 9.17) is 4.74 Å². The van der Waals surface area contributed by atoms with Gasteiger partial charge in [0.15, 0.2) is 0 Å². The Morgan fingerprint density at radius 3 is 1.21 bits per heavy atom. The van der Waals surface area contributed by atoms with E-state index in [1.165, 1.54) is 173 Å². The number of rotatable bonds is 50. The molecule has 0 spiro atoms. The monoisotopic (exact) mass is 886 g/mol. The van der Waals surface area contributed by atoms with Gasteiger partial charge in [-0.05, 0) is 51.4 Å². The molecular formula is C57H107NO5. The summed E-state index contributed by atoms with van der Waals surface area (Å²) in [4.78, 5) is 26.2. The Morgan fingerprint density at radius 1 is 0.460 bits per heavy atom. The van der Waals surface area contributed by atoms with E-state index in [2.05, 4.69) is 62.5 Å². The van der Waals surface area contributed by atoms with Crippen molar-refractivity contribution in [2.45, 2.75) is 309 Å². The second-order valence-electron chi connectivity index (χ2n) is 19.1. The average molecular weight is 886 g/mol. The van der Waals surface area contributed by atoms with E-state index in [0.29, 0.717) is 19.3 Å². The van der Waals surface area contributed by atoms with Crippen LogP contribution in [0.15, 0.2) is 36.5 Å². The van der Waals surface area contributed by atoms with Crippen molar-refractivity contribution in [2.24, 2.45) is 0 Å². The SMILES string of the molecule is CCCCCCC/C=C/C=C/C=C/CCCCCCCC(=O)OC(CCCCCCCCCCCCCCCCCC)CC(=O)NC(CO)C(O)CCCCCCCCCCCC. The van der Waals surface area contributed by atoms with Gasteiger partial charge in [-0.25, -0.2) is 0 Å². The quantitative estimate of drug-likeness (QED) is 0.0321. The first-order chi connectivity index (χ1) is 31.0. The van der Waals surface area contributed by atoms with Crippen LogP contribution in [0.2, 0.25) is 0 Å². The van der Waals surface area contributed by atoms with Gasteiger partial charge in [-0.1, -0.05) is 263 Å². The highest BCUT2D eigenvalue weighted by molar-refractivity contribution is 5.77. The zero-order chi connectivity index (χ0) is 45.9. The van der Waals surface area contributed by atoms with E-state index in [1.807, 2.05) is 0 Å². The van der Waals surface area contributed by atoms with Gasteiger partial charge >= 0.3 is 5.97 Å². The molecule has 0 aromatic rings. The van der Waals surface area contributed by atoms with Crippen molar-refractivity contribution in [1.82, 2.24) is 5.32 Å². The van der Waals surface area contributed by atoms with Crippen molar-refractivity contribution in [3.63, 3.8) is 0 Å². The van der Waals surface area contributed by atoms with Crippen molar-refractivity contribution in [3.05, 3.63) is 36.5 Å². The molecule has 1 amide bonds. The lowest BCUT2D eigenvalue weighted by Crippen LogP contribution is -2.46. The minimum atomic E-state index is -0.788. The third kappa shape index (κ3) is 46.4. The summed E-state index contributed by atoms with van der Waals surface area (Å²) in [5.41, 5.74) is 0. The Bertz CT molecular complexity index is 1040. The number of carbonyl (C=O) groups excluding carboxylic acids is 2. The van der Waals surface area contributed by atoms with Crippen LogP contribution < -0.4 is 5.32 Å². The molecule has 0 saturated heterocycles. The summed E-state index contributed by atoms with van der Waals surface area (Å²) in [6.45, 7) is 6.48. The van der Waals surface area contributed by atoms with Crippen LogP contribution in [-0.2, 0) is 14.3 Å². The van der Waals surface area contributed by atoms with Gasteiger partial charge in [0.05, 0.1) is 25.2 Å². The molecule has 0 rings (SSSR count). The van der Waals surface area contributed by atoms with Gasteiger partial charge in [-0.15, -0.1) is 0 Å². The second kappa shape index (κ2) is 51.1. The maximum atomic E-state index is 13.2. The topological polar surface area (TPSA) is 95.9 Å². The predicted molar refractivity (Wildman–Crippen MR) is 273 cm³/mol. The van der Waals surface area contributed by atoms with Crippen molar-refractivity contribution < 1.29 is 24.5 Å². The molecule has 0 radical (unpaired) electrons. The van der Waals surface area contributed by atoms with E-state index < -0.39 is 18.2 Å². The van der Waals surface area contributed by atoms with Gasteiger partial charge in [-0.2, -0.15) is 0 Å². The number of allylic oxidation sites excluding steroid dienone is 6. The standard InChI is InChI=1S/C57H107NO5/c1-4-7-10-13-16-19-22-24-26-28-29-31-33-35-38-41-44-47-50-57(62)63-53(48-45-42-39-36-34-32-30-27-25-23-20-17-14-11-8-5-2)51-56(61)58-54(52-59)55(60)49-46-43-40-37-21-18-15-12-9-6-3/h22,24,26,28-29,31,53-55,59-60H,4-21,23,25,27,30,32-52H2,1-3H3,(H,58,61)/b24-22+,28-26+,31-29+. The van der Waals surface area contributed by atoms with Crippen molar-refractivity contribution in [1.29, 1.82) is 0 Å². The minimum Gasteiger partial charge on any atom is -0.462 e. The van der Waals surface area contributed by atoms with Gasteiger partial charge in [-0.3, -0.25) is 9.59 Å². The van der Waals surface area contributed by atoms with E-state index in [0.717, 1.165) is 70.6 Å². The zero-order valence-corrected chi connectivity index (χ0v) is 42.2. The van der Waals surface area contributed by atoms with Gasteiger partial charge in [0.2, 0.25) is 5.91 Å². The third-order valence-corrected chi connectivity index (χ3v) is 12.8. The first-order valence-electron chi connectivity index (χ1n) is 27.7. The Balaban J connectivity index is 4.57. The van der Waals surface area contributed by atoms with Crippen LogP contribution in [0.1, 0.15) is 290 Å². The summed E-state index contributed by atoms with van der Waals surface area (Å²) in [6, 6.07) is -0.702. The Hall–Kier alpha value is -1.92. The minimum absolute atomic E-state index is 0.0735. The molecule has 3 atom stereocenters. The molecular weight excluding hydrogens is 779 g/mol. The average Bonchev–Trinajstić information content (AvgIpc) is 3.28. The van der Waals surface area contributed by atoms with Gasteiger partial charge in [0.25, 0.3) is 0 Å². The van der Waals surface area contributed by atoms with E-state index in [-0.39, 0.29) is 24.9 Å². The highest BCUT2D eigenvalue weighted by Gasteiger charge is 2.24. The number of amides is 1. The highest BCUT2D eigenvalue weighted by Crippen LogP contribution is 2.18. The number of hydrogen-bond donors (Lipinski definition) is 3. The molecule has 0 aliphatic heterocycles. The van der Waals surface area contributed by atoms with Crippen LogP contribution in [0, 0.1) is 0 Å². The lowest BCUT2D eigenvalue weighted by Gasteiger charge is -2.24. The molecule has 63 heavy (non-hydrogen) atoms. The maximum Gasteiger partial charge on any atom is 0.306 e. The number of ether oxygens (including phenoxy) is 1. The summed E-state index contributed by atoms with van der Waals surface area (Å²) in [7, 11) is 0. The normalized spacial score (nSPS) is 13.4. The summed E-state index contributed by atoms with van der Waals surface area (Å²) < 4.78 is 5.95. The number of aliphatic hydroxyl groups is 2. The van der Waals surface area contributed by atoms with E-state index in [9.17, 15) is 19.8 Å². The smallest absolute Gasteiger partial charge is 0.306 e. The second-order valence-corrected chi connectivity index (χ2v) is 19.1. The molecule has 6 nitrogen and oxygen atoms in total. The molecule has 0 heterocycles. The number of esters is 1. The van der Waals surface area contributed by atoms with Crippen LogP contribution >= 0.6 is 0 Å². The fraction of sp³-hybridized carbons (Fsp3) is 0.860. The van der Waals surface area contributed by atoms with Gasteiger partial charge < -0.3 is 20.3 Å². The van der Waals surface area contributed by atoms with Crippen LogP contribution in [0.5, 0.6) is 0 Å². The third-order valence-electron chi connectivity index (χ3n) is 12.8. The van der Waals surface area contributed by atoms with Crippen LogP contribution in [0.3, 0.4) is 0 Å². The Morgan fingerprint density at radius 2 is 0.810 bits per heavy atom. The molecule has 0 aliphatic carbocycles. The van der Waals surface area contributed by atoms with Gasteiger partial charge in [0.1, 0.15) is 6.10 Å². The van der Waals surface area contributed by atoms with E-state index >= 15 is 0 Å². The molecule has 370 valence electrons. The number of carbonyl (C=O) groups is 2. The summed E-state index contributed by atoms with van der Waals surface area (Å²) in [5.74, 6) is -0.483. The predicted octanol–water partition coefficient (Wildman–Crippen LogP) is 16.8. The van der Waals surface area contributed by atoms with Crippen molar-refractivity contribution in [2.75, 3.05) is 6.61 Å². The van der Waals surface area contributed by atoms with Crippen LogP contribution in [0.25, 0.3) is 0 Å². The number of aliphatic hydroxyl groups excluding tert-OH is 2. The van der Waals surface area contributed by atoms with Crippen molar-refractivity contribution in [3.8, 4) is 0 Å². The van der Waals surface area contributed by atoms with Crippen LogP contribution in [-0.4, -0.2) is 46.9 Å². The number of hydrogen-bond acceptors (Lipinski definition) is 5. The molecule has 0 bridgehead atoms. The molecule has 0 aromatic carbocycles. The number of nitrogens with one attached hydrogen (secondary N) is 1. The fourth-order valence-electron chi connectivity index (χ4n) is 8.55. The molecule has 0 aromatic heterocycles. The zero-order valence-electron chi connectivity index (χ0n) is 42.2. The number of unbranched alkanes of at least 4 members (excludes halogenated alkanes) is 34. The molecule has 0 fully saturated rings. The largest absolute Gasteiger partial charge is 0.462 e. The maximum absolute atomic E-state index is 13.2. The summed E-state index contributed by atoms with van der Waals surface area (Å²) in [6.07, 6.45) is 60.6. The molecule has 3 N–H and O–H groups in total. The van der Waals surface area contributed by atoms with Crippen molar-refractivity contribution >= 4 is 11.9 Å².